The maximum atomic E-state index is 5.14. The Bertz CT molecular complexity index is 53.7. The lowest BCUT2D eigenvalue weighted by molar-refractivity contribution is -0.115. The van der Waals surface area contributed by atoms with E-state index in [0.717, 1.165) is 17.8 Å². The van der Waals surface area contributed by atoms with Crippen molar-refractivity contribution in [3.63, 3.8) is 0 Å². The highest BCUT2D eigenvalue weighted by Gasteiger charge is 2.17. The molecule has 1 aliphatic heterocycles. The summed E-state index contributed by atoms with van der Waals surface area (Å²) in [6, 6.07) is 0. The van der Waals surface area contributed by atoms with Crippen molar-refractivity contribution in [3.05, 3.63) is 0 Å². The van der Waals surface area contributed by atoms with Crippen molar-refractivity contribution in [2.24, 2.45) is 0 Å². The minimum absolute atomic E-state index is 0.400. The normalized spacial score (nSPS) is 21.9. The van der Waals surface area contributed by atoms with Crippen molar-refractivity contribution in [1.82, 2.24) is 0 Å². The zero-order valence-electron chi connectivity index (χ0n) is 3.89. The molecule has 0 atom stereocenters. The first-order chi connectivity index (χ1) is 3.43. The molecule has 1 saturated heterocycles. The molecule has 0 aromatic carbocycles. The van der Waals surface area contributed by atoms with Gasteiger partial charge in [0.1, 0.15) is 6.10 Å². The molecule has 0 aliphatic carbocycles. The van der Waals surface area contributed by atoms with Crippen LogP contribution in [0.2, 0.25) is 0 Å². The van der Waals surface area contributed by atoms with Crippen LogP contribution in [0.4, 0.5) is 0 Å². The van der Waals surface area contributed by atoms with Crippen molar-refractivity contribution in [2.75, 3.05) is 17.8 Å². The standard InChI is InChI=1S/C4H7IO2/c5-3-7-4-1-6-2-4/h4H,1-3H2. The van der Waals surface area contributed by atoms with Crippen LogP contribution in [-0.4, -0.2) is 23.9 Å². The Morgan fingerprint density at radius 3 is 2.57 bits per heavy atom. The molecule has 0 N–H and O–H groups in total. The lowest BCUT2D eigenvalue weighted by Gasteiger charge is -2.24. The van der Waals surface area contributed by atoms with Crippen LogP contribution in [-0.2, 0) is 9.47 Å². The van der Waals surface area contributed by atoms with Gasteiger partial charge in [0.25, 0.3) is 0 Å². The summed E-state index contributed by atoms with van der Waals surface area (Å²) in [6.07, 6.45) is 0.400. The molecule has 1 heterocycles. The van der Waals surface area contributed by atoms with E-state index < -0.39 is 0 Å². The van der Waals surface area contributed by atoms with Crippen LogP contribution in [0, 0.1) is 0 Å². The molecule has 1 rings (SSSR count). The molecule has 1 aliphatic rings. The fourth-order valence-corrected chi connectivity index (χ4v) is 0.908. The molecular formula is C4H7IO2. The Morgan fingerprint density at radius 1 is 1.71 bits per heavy atom. The Hall–Kier alpha value is 0.650. The smallest absolute Gasteiger partial charge is 0.105 e. The molecule has 2 nitrogen and oxygen atoms in total. The summed E-state index contributed by atoms with van der Waals surface area (Å²) in [5.74, 6) is 0. The highest BCUT2D eigenvalue weighted by Crippen LogP contribution is 2.05. The summed E-state index contributed by atoms with van der Waals surface area (Å²) in [4.78, 5) is 0. The van der Waals surface area contributed by atoms with Crippen molar-refractivity contribution >= 4 is 22.6 Å². The quantitative estimate of drug-likeness (QED) is 0.499. The predicted octanol–water partition coefficient (Wildman–Crippen LogP) is 0.794. The van der Waals surface area contributed by atoms with Crippen molar-refractivity contribution in [3.8, 4) is 0 Å². The summed E-state index contributed by atoms with van der Waals surface area (Å²) >= 11 is 2.18. The highest BCUT2D eigenvalue weighted by molar-refractivity contribution is 14.1. The molecule has 0 aromatic heterocycles. The summed E-state index contributed by atoms with van der Waals surface area (Å²) in [5, 5.41) is 0. The van der Waals surface area contributed by atoms with Gasteiger partial charge in [-0.1, -0.05) is 22.6 Å². The third kappa shape index (κ3) is 1.54. The van der Waals surface area contributed by atoms with Gasteiger partial charge in [0.2, 0.25) is 0 Å². The van der Waals surface area contributed by atoms with Gasteiger partial charge < -0.3 is 9.47 Å². The van der Waals surface area contributed by atoms with Gasteiger partial charge >= 0.3 is 0 Å². The maximum absolute atomic E-state index is 5.14. The fraction of sp³-hybridized carbons (Fsp3) is 1.00. The number of alkyl halides is 1. The van der Waals surface area contributed by atoms with Crippen LogP contribution in [0.1, 0.15) is 0 Å². The Morgan fingerprint density at radius 2 is 2.43 bits per heavy atom. The SMILES string of the molecule is ICOC1COC1. The minimum atomic E-state index is 0.400. The summed E-state index contributed by atoms with van der Waals surface area (Å²) in [5.41, 5.74) is 0. The van der Waals surface area contributed by atoms with Gasteiger partial charge in [-0.05, 0) is 0 Å². The molecular weight excluding hydrogens is 207 g/mol. The summed E-state index contributed by atoms with van der Waals surface area (Å²) in [6.45, 7) is 1.59. The molecule has 1 fully saturated rings. The number of ether oxygens (including phenoxy) is 2. The molecule has 0 spiro atoms. The van der Waals surface area contributed by atoms with Crippen LogP contribution >= 0.6 is 22.6 Å². The van der Waals surface area contributed by atoms with Crippen LogP contribution in [0.15, 0.2) is 0 Å². The minimum Gasteiger partial charge on any atom is -0.376 e. The maximum Gasteiger partial charge on any atom is 0.105 e. The number of halogens is 1. The van der Waals surface area contributed by atoms with Gasteiger partial charge in [-0.15, -0.1) is 0 Å². The van der Waals surface area contributed by atoms with Crippen LogP contribution < -0.4 is 0 Å². The van der Waals surface area contributed by atoms with Crippen molar-refractivity contribution in [1.29, 1.82) is 0 Å². The van der Waals surface area contributed by atoms with Gasteiger partial charge in [0.05, 0.1) is 17.8 Å². The summed E-state index contributed by atoms with van der Waals surface area (Å²) in [7, 11) is 0. The molecule has 42 valence electrons. The zero-order valence-corrected chi connectivity index (χ0v) is 6.05. The molecule has 0 aromatic rings. The topological polar surface area (TPSA) is 18.5 Å². The number of hydrogen-bond donors (Lipinski definition) is 0. The van der Waals surface area contributed by atoms with Crippen molar-refractivity contribution < 1.29 is 9.47 Å². The van der Waals surface area contributed by atoms with E-state index in [1.54, 1.807) is 0 Å². The Kier molecular flexibility index (Phi) is 2.34. The molecule has 0 saturated carbocycles. The molecule has 0 unspecified atom stereocenters. The van der Waals surface area contributed by atoms with E-state index in [0.29, 0.717) is 6.10 Å². The Labute approximate surface area is 56.3 Å². The van der Waals surface area contributed by atoms with E-state index >= 15 is 0 Å². The van der Waals surface area contributed by atoms with Crippen LogP contribution in [0.3, 0.4) is 0 Å². The second-order valence-electron chi connectivity index (χ2n) is 1.44. The predicted molar refractivity (Wildman–Crippen MR) is 34.6 cm³/mol. The zero-order chi connectivity index (χ0) is 5.11. The van der Waals surface area contributed by atoms with Gasteiger partial charge in [0, 0.05) is 0 Å². The average molecular weight is 214 g/mol. The molecule has 0 amide bonds. The first-order valence-electron chi connectivity index (χ1n) is 2.19. The van der Waals surface area contributed by atoms with E-state index in [4.69, 9.17) is 9.47 Å². The third-order valence-corrected chi connectivity index (χ3v) is 1.27. The summed E-state index contributed by atoms with van der Waals surface area (Å²) < 4.78 is 10.8. The monoisotopic (exact) mass is 214 g/mol. The molecule has 3 heteroatoms. The molecule has 0 radical (unpaired) electrons. The number of rotatable bonds is 2. The van der Waals surface area contributed by atoms with E-state index in [-0.39, 0.29) is 0 Å². The molecule has 0 bridgehead atoms. The van der Waals surface area contributed by atoms with Crippen molar-refractivity contribution in [2.45, 2.75) is 6.10 Å². The largest absolute Gasteiger partial charge is 0.376 e. The number of hydrogen-bond acceptors (Lipinski definition) is 2. The lowest BCUT2D eigenvalue weighted by Crippen LogP contribution is -2.35. The van der Waals surface area contributed by atoms with E-state index in [2.05, 4.69) is 22.6 Å². The fourth-order valence-electron chi connectivity index (χ4n) is 0.399. The average Bonchev–Trinajstić information content (AvgIpc) is 1.55. The van der Waals surface area contributed by atoms with E-state index in [9.17, 15) is 0 Å². The van der Waals surface area contributed by atoms with E-state index in [1.807, 2.05) is 0 Å². The van der Waals surface area contributed by atoms with E-state index in [1.165, 1.54) is 0 Å². The Balaban J connectivity index is 1.93. The van der Waals surface area contributed by atoms with Gasteiger partial charge in [-0.25, -0.2) is 0 Å². The third-order valence-electron chi connectivity index (χ3n) is 0.906. The van der Waals surface area contributed by atoms with Gasteiger partial charge in [-0.2, -0.15) is 0 Å². The van der Waals surface area contributed by atoms with Crippen LogP contribution in [0.25, 0.3) is 0 Å². The lowest BCUT2D eigenvalue weighted by atomic mass is 10.3. The van der Waals surface area contributed by atoms with Crippen LogP contribution in [0.5, 0.6) is 0 Å². The second-order valence-corrected chi connectivity index (χ2v) is 2.06. The highest BCUT2D eigenvalue weighted by atomic mass is 127. The van der Waals surface area contributed by atoms with Gasteiger partial charge in [-0.3, -0.25) is 0 Å². The first-order valence-corrected chi connectivity index (χ1v) is 3.71. The molecule has 7 heavy (non-hydrogen) atoms. The first kappa shape index (κ1) is 5.78. The van der Waals surface area contributed by atoms with Gasteiger partial charge in [0.15, 0.2) is 0 Å². The second kappa shape index (κ2) is 2.84.